The summed E-state index contributed by atoms with van der Waals surface area (Å²) >= 11 is 1.48. The molecule has 1 aliphatic heterocycles. The number of alkyl carbamates (subject to hydrolysis) is 1. The summed E-state index contributed by atoms with van der Waals surface area (Å²) in [7, 11) is 3.94. The molecule has 0 radical (unpaired) electrons. The lowest BCUT2D eigenvalue weighted by atomic mass is 9.85. The zero-order chi connectivity index (χ0) is 40.7. The van der Waals surface area contributed by atoms with Gasteiger partial charge in [0.15, 0.2) is 5.13 Å². The lowest BCUT2D eigenvalue weighted by molar-refractivity contribution is -0.146. The first-order valence-corrected chi connectivity index (χ1v) is 20.3. The summed E-state index contributed by atoms with van der Waals surface area (Å²) < 4.78 is 12.5. The Morgan fingerprint density at radius 1 is 1.11 bits per heavy atom. The number of nitrogens with zero attached hydrogens (tertiary/aromatic N) is 4. The van der Waals surface area contributed by atoms with Crippen molar-refractivity contribution in [2.75, 3.05) is 30.9 Å². The molecule has 4 N–H and O–H groups in total. The molecule has 0 spiro atoms. The van der Waals surface area contributed by atoms with E-state index in [1.807, 2.05) is 84.1 Å². The molecule has 2 aromatic heterocycles. The number of nitrogens with one attached hydrogen (secondary N) is 3. The number of anilines is 2. The van der Waals surface area contributed by atoms with Crippen molar-refractivity contribution in [1.29, 1.82) is 0 Å². The number of amides is 3. The van der Waals surface area contributed by atoms with Gasteiger partial charge in [-0.05, 0) is 76.0 Å². The second kappa shape index (κ2) is 15.9. The fourth-order valence-corrected chi connectivity index (χ4v) is 8.65. The highest BCUT2D eigenvalue weighted by Crippen LogP contribution is 2.45. The van der Waals surface area contributed by atoms with Crippen molar-refractivity contribution >= 4 is 56.9 Å². The molecule has 2 aliphatic carbocycles. The fraction of sp³-hybridized carbons (Fsp3) is 0.561. The van der Waals surface area contributed by atoms with E-state index < -0.39 is 58.9 Å². The molecular formula is C41H55N7O7S. The van der Waals surface area contributed by atoms with Gasteiger partial charge in [-0.15, -0.1) is 17.9 Å². The third kappa shape index (κ3) is 8.42. The molecule has 56 heavy (non-hydrogen) atoms. The second-order valence-corrected chi connectivity index (χ2v) is 17.8. The Kier molecular flexibility index (Phi) is 11.6. The average Bonchev–Trinajstić information content (AvgIpc) is 3.53. The Hall–Kier alpha value is -4.92. The van der Waals surface area contributed by atoms with E-state index in [9.17, 15) is 24.3 Å². The number of carbonyl (C=O) groups excluding carboxylic acids is 3. The molecule has 1 saturated heterocycles. The second-order valence-electron chi connectivity index (χ2n) is 16.9. The first-order valence-electron chi connectivity index (χ1n) is 19.4. The van der Waals surface area contributed by atoms with Gasteiger partial charge in [-0.1, -0.05) is 26.8 Å². The number of aromatic nitrogens is 2. The highest BCUT2D eigenvalue weighted by Gasteiger charge is 2.61. The Morgan fingerprint density at radius 2 is 1.82 bits per heavy atom. The van der Waals surface area contributed by atoms with Crippen molar-refractivity contribution < 1.29 is 33.8 Å². The number of thiazole rings is 1. The SMILES string of the molecule is C=C[C@@H]1C[C@]1(NC(=O)[C@@H]1C[C@@H](Oc2cc(-c3csc(NC(C)C)n3)nc3c(C)c(N(C)C)ccc23)CN1C(=O)[C@@H](NC(=O)OC1CCCC1)C(C)(C)C)C(=O)O. The maximum atomic E-state index is 14.6. The van der Waals surface area contributed by atoms with Crippen molar-refractivity contribution in [3.05, 3.63) is 41.8 Å². The summed E-state index contributed by atoms with van der Waals surface area (Å²) in [6.45, 7) is 15.3. The summed E-state index contributed by atoms with van der Waals surface area (Å²) in [4.78, 5) is 67.7. The van der Waals surface area contributed by atoms with E-state index in [1.54, 1.807) is 0 Å². The molecule has 6 rings (SSSR count). The number of carboxylic acid groups (broad SMARTS) is 1. The van der Waals surface area contributed by atoms with Gasteiger partial charge in [0.25, 0.3) is 0 Å². The predicted octanol–water partition coefficient (Wildman–Crippen LogP) is 6.13. The maximum absolute atomic E-state index is 14.6. The number of benzene rings is 1. The van der Waals surface area contributed by atoms with Crippen molar-refractivity contribution in [1.82, 2.24) is 25.5 Å². The molecule has 14 nitrogen and oxygen atoms in total. The summed E-state index contributed by atoms with van der Waals surface area (Å²) in [6.07, 6.45) is 3.69. The van der Waals surface area contributed by atoms with E-state index in [-0.39, 0.29) is 31.5 Å². The summed E-state index contributed by atoms with van der Waals surface area (Å²) in [6, 6.07) is 3.83. The summed E-state index contributed by atoms with van der Waals surface area (Å²) in [5, 5.41) is 22.5. The molecule has 3 aliphatic rings. The summed E-state index contributed by atoms with van der Waals surface area (Å²) in [5.41, 5.74) is 1.65. The summed E-state index contributed by atoms with van der Waals surface area (Å²) in [5.74, 6) is -2.22. The van der Waals surface area contributed by atoms with Crippen LogP contribution in [0, 0.1) is 18.3 Å². The van der Waals surface area contributed by atoms with Crippen LogP contribution in [0.3, 0.4) is 0 Å². The number of fused-ring (bicyclic) bond motifs is 1. The van der Waals surface area contributed by atoms with E-state index in [0.717, 1.165) is 53.0 Å². The van der Waals surface area contributed by atoms with Gasteiger partial charge in [-0.2, -0.15) is 0 Å². The Labute approximate surface area is 332 Å². The van der Waals surface area contributed by atoms with Gasteiger partial charge in [-0.3, -0.25) is 9.59 Å². The number of hydrogen-bond donors (Lipinski definition) is 4. The standard InChI is InChI=1S/C41H55N7O7S/c1-10-24-19-41(24,37(51)52)46-35(49)31-17-26(20-48(31)36(50)34(40(5,6)7)45-39(53)55-25-13-11-12-14-25)54-32-18-28(29-21-56-38(44-29)42-22(2)3)43-33-23(4)30(47(8)9)16-15-27(32)33/h10,15-16,18,21-22,24-26,31,34H,1,11-14,17,19-20H2,2-9H3,(H,42,44)(H,45,53)(H,46,49)(H,51,52)/t24-,26-,31+,34-,41-/m1/s1. The predicted molar refractivity (Wildman–Crippen MR) is 217 cm³/mol. The largest absolute Gasteiger partial charge is 0.488 e. The molecule has 3 aromatic rings. The minimum absolute atomic E-state index is 0.000875. The molecule has 2 saturated carbocycles. The van der Waals surface area contributed by atoms with Gasteiger partial charge in [0.2, 0.25) is 11.8 Å². The third-order valence-corrected chi connectivity index (χ3v) is 11.7. The van der Waals surface area contributed by atoms with Crippen LogP contribution in [-0.2, 0) is 19.1 Å². The average molecular weight is 790 g/mol. The van der Waals surface area contributed by atoms with Gasteiger partial charge in [0.05, 0.1) is 17.8 Å². The highest BCUT2D eigenvalue weighted by atomic mass is 32.1. The van der Waals surface area contributed by atoms with Gasteiger partial charge >= 0.3 is 12.1 Å². The topological polar surface area (TPSA) is 175 Å². The molecule has 15 heteroatoms. The van der Waals surface area contributed by atoms with Gasteiger partial charge < -0.3 is 40.3 Å². The van der Waals surface area contributed by atoms with Crippen LogP contribution in [0.15, 0.2) is 36.2 Å². The zero-order valence-electron chi connectivity index (χ0n) is 33.6. The quantitative estimate of drug-likeness (QED) is 0.147. The van der Waals surface area contributed by atoms with Gasteiger partial charge in [0, 0.05) is 55.0 Å². The molecular weight excluding hydrogens is 735 g/mol. The van der Waals surface area contributed by atoms with Crippen molar-refractivity contribution in [3.63, 3.8) is 0 Å². The molecule has 3 heterocycles. The zero-order valence-corrected chi connectivity index (χ0v) is 34.4. The third-order valence-electron chi connectivity index (χ3n) is 10.9. The number of ether oxygens (including phenoxy) is 2. The van der Waals surface area contributed by atoms with Crippen molar-refractivity contribution in [2.24, 2.45) is 11.3 Å². The number of carboxylic acids is 1. The van der Waals surface area contributed by atoms with E-state index in [4.69, 9.17) is 19.4 Å². The van der Waals surface area contributed by atoms with Crippen LogP contribution in [-0.4, -0.2) is 100 Å². The number of aliphatic carboxylic acids is 1. The number of likely N-dealkylation sites (tertiary alicyclic amines) is 1. The molecule has 302 valence electrons. The van der Waals surface area contributed by atoms with Crippen LogP contribution in [0.2, 0.25) is 0 Å². The van der Waals surface area contributed by atoms with Crippen LogP contribution >= 0.6 is 11.3 Å². The maximum Gasteiger partial charge on any atom is 0.408 e. The van der Waals surface area contributed by atoms with E-state index in [1.165, 1.54) is 22.3 Å². The van der Waals surface area contributed by atoms with Crippen molar-refractivity contribution in [3.8, 4) is 17.1 Å². The number of rotatable bonds is 13. The van der Waals surface area contributed by atoms with Crippen LogP contribution in [0.5, 0.6) is 5.75 Å². The van der Waals surface area contributed by atoms with Crippen LogP contribution < -0.4 is 25.6 Å². The number of carbonyl (C=O) groups is 4. The molecule has 0 bridgehead atoms. The molecule has 3 amide bonds. The van der Waals surface area contributed by atoms with E-state index >= 15 is 0 Å². The number of aryl methyl sites for hydroxylation is 1. The monoisotopic (exact) mass is 789 g/mol. The number of hydrogen-bond acceptors (Lipinski definition) is 11. The first kappa shape index (κ1) is 40.7. The lowest BCUT2D eigenvalue weighted by Gasteiger charge is -2.35. The minimum Gasteiger partial charge on any atom is -0.488 e. The molecule has 3 fully saturated rings. The molecule has 0 unspecified atom stereocenters. The van der Waals surface area contributed by atoms with Crippen LogP contribution in [0.4, 0.5) is 15.6 Å². The highest BCUT2D eigenvalue weighted by molar-refractivity contribution is 7.14. The van der Waals surface area contributed by atoms with Gasteiger partial charge in [0.1, 0.15) is 41.3 Å². The Bertz CT molecular complexity index is 2000. The normalized spacial score (nSPS) is 22.8. The van der Waals surface area contributed by atoms with Crippen LogP contribution in [0.25, 0.3) is 22.3 Å². The van der Waals surface area contributed by atoms with E-state index in [2.05, 4.69) is 22.5 Å². The number of pyridine rings is 1. The van der Waals surface area contributed by atoms with Crippen molar-refractivity contribution in [2.45, 2.75) is 116 Å². The first-order chi connectivity index (χ1) is 26.4. The molecule has 1 aromatic carbocycles. The lowest BCUT2D eigenvalue weighted by Crippen LogP contribution is -2.59. The minimum atomic E-state index is -1.51. The smallest absolute Gasteiger partial charge is 0.408 e. The molecule has 5 atom stereocenters. The van der Waals surface area contributed by atoms with E-state index in [0.29, 0.717) is 17.1 Å². The fourth-order valence-electron chi connectivity index (χ4n) is 7.80. The Balaban J connectivity index is 1.35. The Morgan fingerprint density at radius 3 is 2.43 bits per heavy atom. The van der Waals surface area contributed by atoms with Gasteiger partial charge in [-0.25, -0.2) is 19.6 Å². The van der Waals surface area contributed by atoms with Crippen LogP contribution in [0.1, 0.15) is 78.7 Å².